The Morgan fingerprint density at radius 3 is 2.64 bits per heavy atom. The van der Waals surface area contributed by atoms with Crippen molar-refractivity contribution in [2.75, 3.05) is 0 Å². The molecule has 0 heterocycles. The molecule has 1 aliphatic rings. The Morgan fingerprint density at radius 1 is 1.50 bits per heavy atom. The fraction of sp³-hybridized carbons (Fsp3) is 0.615. The van der Waals surface area contributed by atoms with Gasteiger partial charge in [-0.05, 0) is 44.1 Å². The summed E-state index contributed by atoms with van der Waals surface area (Å²) in [4.78, 5) is 10.9. The molecule has 0 saturated carbocycles. The number of allylic oxidation sites excluding steroid dienone is 4. The van der Waals surface area contributed by atoms with Crippen molar-refractivity contribution in [1.82, 2.24) is 0 Å². The number of hydrogen-bond donors (Lipinski definition) is 0. The smallest absolute Gasteiger partial charge is 0.152 e. The Hall–Kier alpha value is -0.850. The van der Waals surface area contributed by atoms with Crippen LogP contribution in [0.3, 0.4) is 0 Å². The van der Waals surface area contributed by atoms with Crippen molar-refractivity contribution in [2.24, 2.45) is 17.8 Å². The topological polar surface area (TPSA) is 17.1 Å². The molecule has 0 unspecified atom stereocenters. The van der Waals surface area contributed by atoms with Gasteiger partial charge < -0.3 is 0 Å². The zero-order valence-electron chi connectivity index (χ0n) is 9.58. The van der Waals surface area contributed by atoms with Gasteiger partial charge in [-0.1, -0.05) is 31.6 Å². The lowest BCUT2D eigenvalue weighted by Gasteiger charge is -2.30. The van der Waals surface area contributed by atoms with Gasteiger partial charge in [0.15, 0.2) is 5.78 Å². The highest BCUT2D eigenvalue weighted by atomic mass is 16.1. The second-order valence-electron chi connectivity index (χ2n) is 4.60. The van der Waals surface area contributed by atoms with Gasteiger partial charge in [0, 0.05) is 0 Å². The predicted molar refractivity (Wildman–Crippen MR) is 60.0 cm³/mol. The van der Waals surface area contributed by atoms with Crippen molar-refractivity contribution < 1.29 is 4.79 Å². The lowest BCUT2D eigenvalue weighted by atomic mass is 9.75. The van der Waals surface area contributed by atoms with E-state index >= 15 is 0 Å². The summed E-state index contributed by atoms with van der Waals surface area (Å²) >= 11 is 0. The molecule has 1 rings (SSSR count). The molecule has 1 heteroatoms. The van der Waals surface area contributed by atoms with Gasteiger partial charge in [0.2, 0.25) is 0 Å². The van der Waals surface area contributed by atoms with Crippen LogP contribution >= 0.6 is 0 Å². The van der Waals surface area contributed by atoms with Crippen LogP contribution in [0, 0.1) is 17.8 Å². The molecule has 1 aliphatic carbocycles. The summed E-state index contributed by atoms with van der Waals surface area (Å²) in [5.41, 5.74) is 1.48. The maximum absolute atomic E-state index is 10.9. The summed E-state index contributed by atoms with van der Waals surface area (Å²) in [5.74, 6) is 1.90. The van der Waals surface area contributed by atoms with Crippen molar-refractivity contribution in [3.05, 3.63) is 23.8 Å². The van der Waals surface area contributed by atoms with Crippen molar-refractivity contribution >= 4 is 5.78 Å². The first-order valence-corrected chi connectivity index (χ1v) is 5.36. The number of carbonyl (C=O) groups excluding carboxylic acids is 1. The van der Waals surface area contributed by atoms with E-state index in [9.17, 15) is 4.79 Å². The van der Waals surface area contributed by atoms with Crippen LogP contribution < -0.4 is 0 Å². The third-order valence-corrected chi connectivity index (χ3v) is 3.01. The molecule has 0 amide bonds. The maximum atomic E-state index is 10.9. The molecule has 78 valence electrons. The van der Waals surface area contributed by atoms with Gasteiger partial charge in [0.1, 0.15) is 0 Å². The van der Waals surface area contributed by atoms with Crippen LogP contribution in [0.2, 0.25) is 0 Å². The lowest BCUT2D eigenvalue weighted by Crippen LogP contribution is -2.21. The fourth-order valence-corrected chi connectivity index (χ4v) is 2.40. The Bertz CT molecular complexity index is 273. The van der Waals surface area contributed by atoms with E-state index in [0.29, 0.717) is 17.8 Å². The molecular formula is C13H20O. The highest BCUT2D eigenvalue weighted by Crippen LogP contribution is 2.34. The highest BCUT2D eigenvalue weighted by Gasteiger charge is 2.24. The molecule has 0 aromatic carbocycles. The average molecular weight is 192 g/mol. The molecule has 0 saturated heterocycles. The van der Waals surface area contributed by atoms with Gasteiger partial charge in [0.25, 0.3) is 0 Å². The van der Waals surface area contributed by atoms with E-state index in [1.807, 2.05) is 0 Å². The van der Waals surface area contributed by atoms with Gasteiger partial charge in [-0.3, -0.25) is 4.79 Å². The second-order valence-corrected chi connectivity index (χ2v) is 4.60. The molecule has 1 nitrogen and oxygen atoms in total. The first kappa shape index (κ1) is 11.2. The lowest BCUT2D eigenvalue weighted by molar-refractivity contribution is -0.112. The molecule has 0 aromatic heterocycles. The SMILES string of the molecule is CC(=O)/C=C/[C@H]1[C@H](C)C=C(C)C[C@H]1C. The minimum absolute atomic E-state index is 0.149. The summed E-state index contributed by atoms with van der Waals surface area (Å²) in [7, 11) is 0. The standard InChI is InChI=1S/C13H20O/c1-9-7-10(2)13(11(3)8-9)6-5-12(4)14/h5-7,10-11,13H,8H2,1-4H3/b6-5+/t10-,11-,13+/m1/s1. The van der Waals surface area contributed by atoms with E-state index in [-0.39, 0.29) is 5.78 Å². The number of rotatable bonds is 2. The van der Waals surface area contributed by atoms with Crippen LogP contribution in [0.4, 0.5) is 0 Å². The number of carbonyl (C=O) groups is 1. The quantitative estimate of drug-likeness (QED) is 0.484. The summed E-state index contributed by atoms with van der Waals surface area (Å²) in [5, 5.41) is 0. The third kappa shape index (κ3) is 2.83. The minimum atomic E-state index is 0.149. The van der Waals surface area contributed by atoms with Gasteiger partial charge >= 0.3 is 0 Å². The molecule has 0 spiro atoms. The number of hydrogen-bond acceptors (Lipinski definition) is 1. The van der Waals surface area contributed by atoms with Crippen LogP contribution in [0.1, 0.15) is 34.1 Å². The Labute approximate surface area is 86.9 Å². The van der Waals surface area contributed by atoms with E-state index in [4.69, 9.17) is 0 Å². The van der Waals surface area contributed by atoms with Crippen molar-refractivity contribution in [1.29, 1.82) is 0 Å². The van der Waals surface area contributed by atoms with Gasteiger partial charge in [-0.15, -0.1) is 0 Å². The molecule has 0 aliphatic heterocycles. The summed E-state index contributed by atoms with van der Waals surface area (Å²) in [6, 6.07) is 0. The normalized spacial score (nSPS) is 33.1. The van der Waals surface area contributed by atoms with E-state index in [1.165, 1.54) is 5.57 Å². The van der Waals surface area contributed by atoms with Crippen LogP contribution in [0.5, 0.6) is 0 Å². The molecular weight excluding hydrogens is 172 g/mol. The molecule has 0 N–H and O–H groups in total. The first-order valence-electron chi connectivity index (χ1n) is 5.36. The van der Waals surface area contributed by atoms with Crippen molar-refractivity contribution in [3.63, 3.8) is 0 Å². The second kappa shape index (κ2) is 4.59. The maximum Gasteiger partial charge on any atom is 0.152 e. The molecule has 3 atom stereocenters. The minimum Gasteiger partial charge on any atom is -0.295 e. The Morgan fingerprint density at radius 2 is 2.14 bits per heavy atom. The molecule has 0 fully saturated rings. The summed E-state index contributed by atoms with van der Waals surface area (Å²) < 4.78 is 0. The van der Waals surface area contributed by atoms with E-state index in [2.05, 4.69) is 32.9 Å². The third-order valence-electron chi connectivity index (χ3n) is 3.01. The van der Waals surface area contributed by atoms with Crippen molar-refractivity contribution in [2.45, 2.75) is 34.1 Å². The van der Waals surface area contributed by atoms with Crippen LogP contribution in [0.15, 0.2) is 23.8 Å². The van der Waals surface area contributed by atoms with Crippen LogP contribution in [-0.4, -0.2) is 5.78 Å². The molecule has 14 heavy (non-hydrogen) atoms. The van der Waals surface area contributed by atoms with Crippen molar-refractivity contribution in [3.8, 4) is 0 Å². The zero-order chi connectivity index (χ0) is 10.7. The molecule has 0 aromatic rings. The summed E-state index contributed by atoms with van der Waals surface area (Å²) in [6.07, 6.45) is 7.29. The van der Waals surface area contributed by atoms with Crippen LogP contribution in [-0.2, 0) is 4.79 Å². The zero-order valence-corrected chi connectivity index (χ0v) is 9.58. The van der Waals surface area contributed by atoms with Gasteiger partial charge in [-0.25, -0.2) is 0 Å². The Balaban J connectivity index is 2.74. The van der Waals surface area contributed by atoms with E-state index in [0.717, 1.165) is 6.42 Å². The first-order chi connectivity index (χ1) is 6.50. The highest BCUT2D eigenvalue weighted by molar-refractivity contribution is 5.87. The van der Waals surface area contributed by atoms with E-state index in [1.54, 1.807) is 13.0 Å². The largest absolute Gasteiger partial charge is 0.295 e. The Kier molecular flexibility index (Phi) is 3.68. The molecule has 0 radical (unpaired) electrons. The monoisotopic (exact) mass is 192 g/mol. The van der Waals surface area contributed by atoms with Crippen LogP contribution in [0.25, 0.3) is 0 Å². The van der Waals surface area contributed by atoms with Gasteiger partial charge in [0.05, 0.1) is 0 Å². The van der Waals surface area contributed by atoms with E-state index < -0.39 is 0 Å². The number of ketones is 1. The fourth-order valence-electron chi connectivity index (χ4n) is 2.40. The average Bonchev–Trinajstić information content (AvgIpc) is 2.01. The van der Waals surface area contributed by atoms with Gasteiger partial charge in [-0.2, -0.15) is 0 Å². The summed E-state index contributed by atoms with van der Waals surface area (Å²) in [6.45, 7) is 8.30. The molecule has 0 bridgehead atoms. The predicted octanol–water partition coefficient (Wildman–Crippen LogP) is 3.37.